The Bertz CT molecular complexity index is 487. The molecule has 1 N–H and O–H groups in total. The van der Waals surface area contributed by atoms with Gasteiger partial charge in [0.05, 0.1) is 23.3 Å². The summed E-state index contributed by atoms with van der Waals surface area (Å²) < 4.78 is 0. The van der Waals surface area contributed by atoms with Crippen LogP contribution in [0.4, 0.5) is 11.4 Å². The molecule has 0 saturated heterocycles. The van der Waals surface area contributed by atoms with Gasteiger partial charge in [-0.05, 0) is 19.4 Å². The fourth-order valence-corrected chi connectivity index (χ4v) is 1.76. The van der Waals surface area contributed by atoms with E-state index < -0.39 is 10.9 Å². The van der Waals surface area contributed by atoms with Crippen molar-refractivity contribution in [3.05, 3.63) is 33.4 Å². The minimum atomic E-state index is -1.08. The Kier molecular flexibility index (Phi) is 4.22. The average molecular weight is 254 g/mol. The van der Waals surface area contributed by atoms with Crippen molar-refractivity contribution < 1.29 is 19.7 Å². The van der Waals surface area contributed by atoms with E-state index in [0.717, 1.165) is 5.06 Å². The van der Waals surface area contributed by atoms with Gasteiger partial charge in [-0.1, -0.05) is 6.07 Å². The summed E-state index contributed by atoms with van der Waals surface area (Å²) >= 11 is 0. The highest BCUT2D eigenvalue weighted by Crippen LogP contribution is 2.31. The zero-order valence-electron chi connectivity index (χ0n) is 10.3. The molecule has 0 atom stereocenters. The van der Waals surface area contributed by atoms with Crippen LogP contribution in [0, 0.1) is 24.0 Å². The Morgan fingerprint density at radius 3 is 2.56 bits per heavy atom. The first kappa shape index (κ1) is 13.9. The number of nitro groups is 1. The van der Waals surface area contributed by atoms with E-state index in [2.05, 4.69) is 0 Å². The maximum absolute atomic E-state index is 10.8. The maximum Gasteiger partial charge on any atom is 0.325 e. The number of rotatable bonds is 5. The summed E-state index contributed by atoms with van der Waals surface area (Å²) in [5.74, 6) is -1.08. The van der Waals surface area contributed by atoms with Gasteiger partial charge in [0.2, 0.25) is 0 Å². The van der Waals surface area contributed by atoms with Gasteiger partial charge in [-0.3, -0.25) is 19.7 Å². The van der Waals surface area contributed by atoms with E-state index in [4.69, 9.17) is 9.94 Å². The molecule has 0 saturated carbocycles. The minimum absolute atomic E-state index is 0.0666. The third-order valence-electron chi connectivity index (χ3n) is 2.55. The number of nitrogens with zero attached hydrogens (tertiary/aromatic N) is 2. The summed E-state index contributed by atoms with van der Waals surface area (Å²) in [5, 5.41) is 20.8. The second-order valence-corrected chi connectivity index (χ2v) is 3.75. The summed E-state index contributed by atoms with van der Waals surface area (Å²) in [7, 11) is 1.32. The summed E-state index contributed by atoms with van der Waals surface area (Å²) in [6, 6.07) is 2.96. The minimum Gasteiger partial charge on any atom is -0.480 e. The first-order valence-electron chi connectivity index (χ1n) is 5.16. The Labute approximate surface area is 104 Å². The summed E-state index contributed by atoms with van der Waals surface area (Å²) in [4.78, 5) is 26.0. The highest BCUT2D eigenvalue weighted by Gasteiger charge is 2.21. The van der Waals surface area contributed by atoms with Crippen molar-refractivity contribution in [3.63, 3.8) is 0 Å². The number of hydrogen-bond acceptors (Lipinski definition) is 5. The molecule has 1 aromatic rings. The van der Waals surface area contributed by atoms with E-state index in [1.54, 1.807) is 19.9 Å². The van der Waals surface area contributed by atoms with Crippen molar-refractivity contribution in [2.45, 2.75) is 13.8 Å². The van der Waals surface area contributed by atoms with E-state index in [-0.39, 0.29) is 12.2 Å². The van der Waals surface area contributed by atoms with Gasteiger partial charge in [0.15, 0.2) is 0 Å². The molecular formula is C11H14N2O5. The molecular weight excluding hydrogens is 240 g/mol. The molecule has 0 aliphatic heterocycles. The van der Waals surface area contributed by atoms with Crippen LogP contribution in [0.3, 0.4) is 0 Å². The number of aryl methyl sites for hydroxylation is 1. The highest BCUT2D eigenvalue weighted by molar-refractivity contribution is 5.75. The lowest BCUT2D eigenvalue weighted by Gasteiger charge is -2.23. The predicted molar refractivity (Wildman–Crippen MR) is 64.6 cm³/mol. The fourth-order valence-electron chi connectivity index (χ4n) is 1.76. The number of benzene rings is 1. The molecule has 1 rings (SSSR count). The zero-order valence-corrected chi connectivity index (χ0v) is 10.3. The lowest BCUT2D eigenvalue weighted by Crippen LogP contribution is -2.29. The number of hydroxylamine groups is 1. The normalized spacial score (nSPS) is 10.2. The van der Waals surface area contributed by atoms with Gasteiger partial charge in [0, 0.05) is 6.07 Å². The van der Waals surface area contributed by atoms with Crippen molar-refractivity contribution in [1.82, 2.24) is 0 Å². The number of carboxylic acid groups (broad SMARTS) is 1. The summed E-state index contributed by atoms with van der Waals surface area (Å²) in [5.41, 5.74) is 1.43. The molecule has 0 heterocycles. The van der Waals surface area contributed by atoms with Crippen LogP contribution in [0.5, 0.6) is 0 Å². The topological polar surface area (TPSA) is 92.9 Å². The van der Waals surface area contributed by atoms with Crippen LogP contribution in [0.15, 0.2) is 12.1 Å². The van der Waals surface area contributed by atoms with Gasteiger partial charge in [0.25, 0.3) is 5.69 Å². The SMILES string of the molecule is CON(CC(=O)O)c1c(C)ccc([N+](=O)[O-])c1C. The molecule has 0 fully saturated rings. The van der Waals surface area contributed by atoms with E-state index >= 15 is 0 Å². The third-order valence-corrected chi connectivity index (χ3v) is 2.55. The number of nitro benzene ring substituents is 1. The monoisotopic (exact) mass is 254 g/mol. The molecule has 0 bridgehead atoms. The van der Waals surface area contributed by atoms with Crippen molar-refractivity contribution in [2.24, 2.45) is 0 Å². The van der Waals surface area contributed by atoms with Crippen LogP contribution >= 0.6 is 0 Å². The fraction of sp³-hybridized carbons (Fsp3) is 0.364. The average Bonchev–Trinajstić information content (AvgIpc) is 2.26. The van der Waals surface area contributed by atoms with Crippen molar-refractivity contribution in [3.8, 4) is 0 Å². The molecule has 0 aliphatic rings. The van der Waals surface area contributed by atoms with E-state index in [1.807, 2.05) is 0 Å². The van der Waals surface area contributed by atoms with Gasteiger partial charge in [-0.2, -0.15) is 0 Å². The van der Waals surface area contributed by atoms with Crippen LogP contribution in [0.1, 0.15) is 11.1 Å². The van der Waals surface area contributed by atoms with Crippen LogP contribution in [0.25, 0.3) is 0 Å². The van der Waals surface area contributed by atoms with Gasteiger partial charge < -0.3 is 5.11 Å². The molecule has 0 spiro atoms. The van der Waals surface area contributed by atoms with Crippen molar-refractivity contribution in [2.75, 3.05) is 18.7 Å². The lowest BCUT2D eigenvalue weighted by atomic mass is 10.1. The van der Waals surface area contributed by atoms with Gasteiger partial charge in [-0.25, -0.2) is 5.06 Å². The number of anilines is 1. The molecule has 1 aromatic carbocycles. The first-order chi connectivity index (χ1) is 8.38. The molecule has 98 valence electrons. The molecule has 18 heavy (non-hydrogen) atoms. The van der Waals surface area contributed by atoms with Crippen LogP contribution in [0.2, 0.25) is 0 Å². The van der Waals surface area contributed by atoms with Crippen LogP contribution in [-0.2, 0) is 9.63 Å². The Morgan fingerprint density at radius 2 is 2.11 bits per heavy atom. The lowest BCUT2D eigenvalue weighted by molar-refractivity contribution is -0.385. The van der Waals surface area contributed by atoms with Gasteiger partial charge in [-0.15, -0.1) is 0 Å². The highest BCUT2D eigenvalue weighted by atomic mass is 16.7. The summed E-state index contributed by atoms with van der Waals surface area (Å²) in [6.45, 7) is 2.91. The predicted octanol–water partition coefficient (Wildman–Crippen LogP) is 1.66. The standard InChI is InChI=1S/C11H14N2O5/c1-7-4-5-9(13(16)17)8(2)11(7)12(18-3)6-10(14)15/h4-5H,6H2,1-3H3,(H,14,15). The Morgan fingerprint density at radius 1 is 1.50 bits per heavy atom. The van der Waals surface area contributed by atoms with Crippen molar-refractivity contribution >= 4 is 17.3 Å². The quantitative estimate of drug-likeness (QED) is 0.634. The Balaban J connectivity index is 3.32. The van der Waals surface area contributed by atoms with Crippen molar-refractivity contribution in [1.29, 1.82) is 0 Å². The molecule has 7 heteroatoms. The number of aliphatic carboxylic acids is 1. The maximum atomic E-state index is 10.8. The van der Waals surface area contributed by atoms with Gasteiger partial charge >= 0.3 is 5.97 Å². The van der Waals surface area contributed by atoms with Gasteiger partial charge in [0.1, 0.15) is 6.54 Å². The van der Waals surface area contributed by atoms with E-state index in [9.17, 15) is 14.9 Å². The molecule has 0 aromatic heterocycles. The molecule has 0 aliphatic carbocycles. The number of hydrogen-bond donors (Lipinski definition) is 1. The molecule has 0 unspecified atom stereocenters. The smallest absolute Gasteiger partial charge is 0.325 e. The summed E-state index contributed by atoms with van der Waals surface area (Å²) in [6.07, 6.45) is 0. The molecule has 0 amide bonds. The molecule has 7 nitrogen and oxygen atoms in total. The zero-order chi connectivity index (χ0) is 13.9. The van der Waals surface area contributed by atoms with Crippen LogP contribution < -0.4 is 5.06 Å². The second kappa shape index (κ2) is 5.46. The third kappa shape index (κ3) is 2.75. The molecule has 0 radical (unpaired) electrons. The van der Waals surface area contributed by atoms with Crippen LogP contribution in [-0.4, -0.2) is 29.7 Å². The number of carbonyl (C=O) groups is 1. The second-order valence-electron chi connectivity index (χ2n) is 3.75. The number of carboxylic acids is 1. The first-order valence-corrected chi connectivity index (χ1v) is 5.16. The van der Waals surface area contributed by atoms with E-state index in [0.29, 0.717) is 16.8 Å². The Hall–Kier alpha value is -2.15. The van der Waals surface area contributed by atoms with E-state index in [1.165, 1.54) is 13.2 Å². The largest absolute Gasteiger partial charge is 0.480 e.